The fourth-order valence-electron chi connectivity index (χ4n) is 2.15. The maximum atomic E-state index is 12.8. The molecule has 100 valence electrons. The van der Waals surface area contributed by atoms with Gasteiger partial charge in [-0.2, -0.15) is 18.2 Å². The number of aromatic nitrogens is 2. The molecule has 1 heterocycles. The molecule has 0 bridgehead atoms. The Bertz CT molecular complexity index is 413. The Morgan fingerprint density at radius 2 is 1.89 bits per heavy atom. The van der Waals surface area contributed by atoms with Gasteiger partial charge in [-0.05, 0) is 12.8 Å². The number of nitrogens with one attached hydrogen (secondary N) is 1. The molecule has 1 aromatic heterocycles. The number of hydrogen-bond donors (Lipinski definition) is 2. The number of alkyl halides is 3. The molecule has 0 unspecified atom stereocenters. The van der Waals surface area contributed by atoms with Gasteiger partial charge in [0, 0.05) is 12.2 Å². The quantitative estimate of drug-likeness (QED) is 0.858. The Morgan fingerprint density at radius 3 is 2.50 bits per heavy atom. The van der Waals surface area contributed by atoms with Gasteiger partial charge in [0.1, 0.15) is 11.4 Å². The molecule has 0 spiro atoms. The molecule has 4 nitrogen and oxygen atoms in total. The Balaban J connectivity index is 2.21. The second-order valence-electron chi connectivity index (χ2n) is 4.47. The molecule has 7 heteroatoms. The lowest BCUT2D eigenvalue weighted by molar-refractivity contribution is -0.137. The third kappa shape index (κ3) is 3.02. The zero-order valence-corrected chi connectivity index (χ0v) is 9.80. The molecule has 2 rings (SSSR count). The normalized spacial score (nSPS) is 17.7. The zero-order valence-electron chi connectivity index (χ0n) is 9.80. The highest BCUT2D eigenvalue weighted by atomic mass is 19.4. The van der Waals surface area contributed by atoms with E-state index in [4.69, 9.17) is 5.73 Å². The molecule has 0 aliphatic heterocycles. The van der Waals surface area contributed by atoms with Gasteiger partial charge in [-0.3, -0.25) is 0 Å². The minimum absolute atomic E-state index is 0.0362. The number of halogens is 3. The van der Waals surface area contributed by atoms with Gasteiger partial charge in [-0.25, -0.2) is 4.98 Å². The van der Waals surface area contributed by atoms with Crippen molar-refractivity contribution in [1.82, 2.24) is 9.97 Å². The van der Waals surface area contributed by atoms with Gasteiger partial charge in [0.25, 0.3) is 0 Å². The third-order valence-corrected chi connectivity index (χ3v) is 3.06. The van der Waals surface area contributed by atoms with Crippen LogP contribution in [0.1, 0.15) is 37.7 Å². The van der Waals surface area contributed by atoms with E-state index in [2.05, 4.69) is 15.3 Å². The predicted molar refractivity (Wildman–Crippen MR) is 61.9 cm³/mol. The molecule has 1 saturated carbocycles. The monoisotopic (exact) mass is 260 g/mol. The Labute approximate surface area is 103 Å². The Kier molecular flexibility index (Phi) is 3.58. The summed E-state index contributed by atoms with van der Waals surface area (Å²) in [6.07, 6.45) is 1.18. The fourth-order valence-corrected chi connectivity index (χ4v) is 2.15. The summed E-state index contributed by atoms with van der Waals surface area (Å²) in [5.41, 5.74) is 4.49. The maximum absolute atomic E-state index is 12.8. The van der Waals surface area contributed by atoms with E-state index >= 15 is 0 Å². The van der Waals surface area contributed by atoms with E-state index in [1.165, 1.54) is 0 Å². The molecule has 0 atom stereocenters. The van der Waals surface area contributed by atoms with E-state index in [-0.39, 0.29) is 17.8 Å². The van der Waals surface area contributed by atoms with Gasteiger partial charge in [0.05, 0.1) is 0 Å². The number of anilines is 2. The van der Waals surface area contributed by atoms with Crippen LogP contribution in [0, 0.1) is 0 Å². The Hall–Kier alpha value is -1.53. The van der Waals surface area contributed by atoms with Crippen LogP contribution in [0.15, 0.2) is 6.20 Å². The lowest BCUT2D eigenvalue weighted by Crippen LogP contribution is -2.25. The van der Waals surface area contributed by atoms with Gasteiger partial charge in [0.15, 0.2) is 0 Å². The molecule has 18 heavy (non-hydrogen) atoms. The van der Waals surface area contributed by atoms with Crippen molar-refractivity contribution in [3.8, 4) is 0 Å². The first kappa shape index (κ1) is 12.9. The average Bonchev–Trinajstić information content (AvgIpc) is 2.28. The summed E-state index contributed by atoms with van der Waals surface area (Å²) in [6, 6.07) is 0.0362. The van der Waals surface area contributed by atoms with Gasteiger partial charge < -0.3 is 11.1 Å². The van der Waals surface area contributed by atoms with Crippen LogP contribution in [-0.2, 0) is 6.18 Å². The molecule has 0 aromatic carbocycles. The summed E-state index contributed by atoms with van der Waals surface area (Å²) >= 11 is 0. The van der Waals surface area contributed by atoms with Gasteiger partial charge in [-0.1, -0.05) is 19.3 Å². The van der Waals surface area contributed by atoms with Crippen molar-refractivity contribution in [3.63, 3.8) is 0 Å². The average molecular weight is 260 g/mol. The molecule has 1 aromatic rings. The number of hydrogen-bond acceptors (Lipinski definition) is 4. The maximum Gasteiger partial charge on any atom is 0.421 e. The first-order chi connectivity index (χ1) is 8.47. The third-order valence-electron chi connectivity index (χ3n) is 3.06. The van der Waals surface area contributed by atoms with Crippen molar-refractivity contribution in [1.29, 1.82) is 0 Å². The number of nitrogens with zero attached hydrogens (tertiary/aromatic N) is 2. The van der Waals surface area contributed by atoms with Crippen LogP contribution in [0.3, 0.4) is 0 Å². The van der Waals surface area contributed by atoms with E-state index in [1.54, 1.807) is 0 Å². The lowest BCUT2D eigenvalue weighted by Gasteiger charge is -2.24. The number of nitrogen functional groups attached to an aromatic ring is 1. The van der Waals surface area contributed by atoms with Crippen molar-refractivity contribution in [2.24, 2.45) is 0 Å². The highest BCUT2D eigenvalue weighted by Gasteiger charge is 2.35. The van der Waals surface area contributed by atoms with Crippen molar-refractivity contribution >= 4 is 11.8 Å². The molecular formula is C11H15F3N4. The SMILES string of the molecule is Nc1ncc(C(F)(F)F)c(NC2CCCCC2)n1. The molecule has 0 amide bonds. The van der Waals surface area contributed by atoms with Crippen LogP contribution in [-0.4, -0.2) is 16.0 Å². The van der Waals surface area contributed by atoms with Crippen molar-refractivity contribution in [3.05, 3.63) is 11.8 Å². The first-order valence-corrected chi connectivity index (χ1v) is 5.93. The summed E-state index contributed by atoms with van der Waals surface area (Å²) in [6.45, 7) is 0. The summed E-state index contributed by atoms with van der Waals surface area (Å²) in [7, 11) is 0. The van der Waals surface area contributed by atoms with E-state index in [1.807, 2.05) is 0 Å². The van der Waals surface area contributed by atoms with E-state index in [0.717, 1.165) is 38.3 Å². The second kappa shape index (κ2) is 4.99. The molecule has 0 radical (unpaired) electrons. The summed E-state index contributed by atoms with van der Waals surface area (Å²) < 4.78 is 38.3. The minimum Gasteiger partial charge on any atom is -0.368 e. The Morgan fingerprint density at radius 1 is 1.22 bits per heavy atom. The summed E-state index contributed by atoms with van der Waals surface area (Å²) in [4.78, 5) is 7.08. The summed E-state index contributed by atoms with van der Waals surface area (Å²) in [5, 5.41) is 2.85. The second-order valence-corrected chi connectivity index (χ2v) is 4.47. The van der Waals surface area contributed by atoms with E-state index < -0.39 is 11.7 Å². The smallest absolute Gasteiger partial charge is 0.368 e. The summed E-state index contributed by atoms with van der Waals surface area (Å²) in [5.74, 6) is -0.358. The lowest BCUT2D eigenvalue weighted by atomic mass is 9.95. The van der Waals surface area contributed by atoms with Crippen molar-refractivity contribution in [2.45, 2.75) is 44.3 Å². The van der Waals surface area contributed by atoms with Crippen LogP contribution in [0.2, 0.25) is 0 Å². The minimum atomic E-state index is -4.47. The topological polar surface area (TPSA) is 63.8 Å². The molecule has 1 aliphatic carbocycles. The molecule has 1 fully saturated rings. The molecule has 3 N–H and O–H groups in total. The van der Waals surface area contributed by atoms with Crippen LogP contribution in [0.5, 0.6) is 0 Å². The number of rotatable bonds is 2. The van der Waals surface area contributed by atoms with Crippen LogP contribution < -0.4 is 11.1 Å². The van der Waals surface area contributed by atoms with Gasteiger partial charge in [0.2, 0.25) is 5.95 Å². The van der Waals surface area contributed by atoms with Crippen LogP contribution >= 0.6 is 0 Å². The highest BCUT2D eigenvalue weighted by Crippen LogP contribution is 2.34. The molecule has 1 aliphatic rings. The predicted octanol–water partition coefficient (Wildman–Crippen LogP) is 2.82. The molecular weight excluding hydrogens is 245 g/mol. The van der Waals surface area contributed by atoms with E-state index in [0.29, 0.717) is 0 Å². The van der Waals surface area contributed by atoms with Gasteiger partial charge in [-0.15, -0.1) is 0 Å². The largest absolute Gasteiger partial charge is 0.421 e. The van der Waals surface area contributed by atoms with E-state index in [9.17, 15) is 13.2 Å². The molecule has 0 saturated heterocycles. The fraction of sp³-hybridized carbons (Fsp3) is 0.636. The highest BCUT2D eigenvalue weighted by molar-refractivity contribution is 5.48. The number of nitrogens with two attached hydrogens (primary N) is 1. The standard InChI is InChI=1S/C11H15F3N4/c12-11(13,14)8-6-16-10(15)18-9(8)17-7-4-2-1-3-5-7/h6-7H,1-5H2,(H3,15,16,17,18). The van der Waals surface area contributed by atoms with Crippen molar-refractivity contribution < 1.29 is 13.2 Å². The van der Waals surface area contributed by atoms with Crippen LogP contribution in [0.25, 0.3) is 0 Å². The first-order valence-electron chi connectivity index (χ1n) is 5.93. The zero-order chi connectivity index (χ0) is 13.2. The van der Waals surface area contributed by atoms with Crippen LogP contribution in [0.4, 0.5) is 24.9 Å². The van der Waals surface area contributed by atoms with Crippen molar-refractivity contribution in [2.75, 3.05) is 11.1 Å². The van der Waals surface area contributed by atoms with Gasteiger partial charge >= 0.3 is 6.18 Å².